The van der Waals surface area contributed by atoms with Gasteiger partial charge in [-0.3, -0.25) is 4.79 Å². The number of halogens is 3. The number of carbonyl (C=O) groups is 1. The Hall–Kier alpha value is -3.01. The fraction of sp³-hybridized carbons (Fsp3) is 0.167. The maximum atomic E-state index is 12.4. The maximum Gasteiger partial charge on any atom is 0.573 e. The second-order valence-corrected chi connectivity index (χ2v) is 6.47. The third-order valence-electron chi connectivity index (χ3n) is 3.50. The first kappa shape index (κ1) is 19.7. The smallest absolute Gasteiger partial charge is 0.405 e. The summed E-state index contributed by atoms with van der Waals surface area (Å²) in [4.78, 5) is 16.1. The van der Waals surface area contributed by atoms with Crippen LogP contribution in [0.1, 0.15) is 5.56 Å². The van der Waals surface area contributed by atoms with Crippen LogP contribution < -0.4 is 10.1 Å². The number of carbonyl (C=O) groups excluding carboxylic acids is 1. The Balaban J connectivity index is 1.51. The number of nitrogens with one attached hydrogen (secondary N) is 1. The largest absolute Gasteiger partial charge is 0.573 e. The van der Waals surface area contributed by atoms with Gasteiger partial charge in [-0.25, -0.2) is 9.67 Å². The first-order chi connectivity index (χ1) is 13.4. The van der Waals surface area contributed by atoms with Crippen LogP contribution in [0.5, 0.6) is 5.75 Å². The van der Waals surface area contributed by atoms with Gasteiger partial charge in [0.2, 0.25) is 11.1 Å². The number of benzene rings is 2. The molecule has 1 N–H and O–H groups in total. The molecule has 0 spiro atoms. The number of rotatable bonds is 7. The highest BCUT2D eigenvalue weighted by Crippen LogP contribution is 2.26. The minimum Gasteiger partial charge on any atom is -0.405 e. The number of ether oxygens (including phenoxy) is 1. The fourth-order valence-electron chi connectivity index (χ4n) is 2.27. The topological polar surface area (TPSA) is 69.0 Å². The summed E-state index contributed by atoms with van der Waals surface area (Å²) >= 11 is 1.13. The molecule has 28 heavy (non-hydrogen) atoms. The molecule has 0 fully saturated rings. The summed E-state index contributed by atoms with van der Waals surface area (Å²) in [5.74, 6) is -0.671. The van der Waals surface area contributed by atoms with Gasteiger partial charge in [-0.2, -0.15) is 0 Å². The summed E-state index contributed by atoms with van der Waals surface area (Å²) in [6, 6.07) is 15.0. The standard InChI is InChI=1S/C18H15F3N4O2S/c19-18(20,21)27-15-9-5-4-6-13(15)10-22-16(26)11-28-17-23-12-25(24-17)14-7-2-1-3-8-14/h1-9,12H,10-11H2,(H,22,26). The van der Waals surface area contributed by atoms with Crippen LogP contribution in [0.3, 0.4) is 0 Å². The molecule has 1 amide bonds. The van der Waals surface area contributed by atoms with Crippen molar-refractivity contribution >= 4 is 17.7 Å². The van der Waals surface area contributed by atoms with Crippen LogP contribution in [0.2, 0.25) is 0 Å². The molecule has 0 unspecified atom stereocenters. The summed E-state index contributed by atoms with van der Waals surface area (Å²) in [6.07, 6.45) is -3.25. The number of nitrogens with zero attached hydrogens (tertiary/aromatic N) is 3. The molecular weight excluding hydrogens is 393 g/mol. The summed E-state index contributed by atoms with van der Waals surface area (Å²) in [5.41, 5.74) is 1.07. The van der Waals surface area contributed by atoms with Crippen molar-refractivity contribution in [3.05, 3.63) is 66.5 Å². The molecule has 0 radical (unpaired) electrons. The van der Waals surface area contributed by atoms with E-state index in [1.165, 1.54) is 18.2 Å². The Kier molecular flexibility index (Phi) is 6.19. The van der Waals surface area contributed by atoms with Crippen LogP contribution in [-0.4, -0.2) is 32.8 Å². The number of aromatic nitrogens is 3. The van der Waals surface area contributed by atoms with E-state index in [0.29, 0.717) is 5.16 Å². The van der Waals surface area contributed by atoms with Gasteiger partial charge in [0.25, 0.3) is 0 Å². The Morgan fingerprint density at radius 3 is 2.57 bits per heavy atom. The van der Waals surface area contributed by atoms with Gasteiger partial charge in [0.1, 0.15) is 12.1 Å². The molecule has 0 atom stereocenters. The van der Waals surface area contributed by atoms with Crippen molar-refractivity contribution in [2.75, 3.05) is 5.75 Å². The zero-order valence-corrected chi connectivity index (χ0v) is 15.2. The third-order valence-corrected chi connectivity index (χ3v) is 4.35. The lowest BCUT2D eigenvalue weighted by Gasteiger charge is -2.13. The van der Waals surface area contributed by atoms with E-state index >= 15 is 0 Å². The molecule has 6 nitrogen and oxygen atoms in total. The lowest BCUT2D eigenvalue weighted by Crippen LogP contribution is -2.25. The molecule has 0 saturated heterocycles. The van der Waals surface area contributed by atoms with E-state index in [4.69, 9.17) is 0 Å². The minimum absolute atomic E-state index is 0.0289. The second kappa shape index (κ2) is 8.79. The average Bonchev–Trinajstić information content (AvgIpc) is 3.14. The van der Waals surface area contributed by atoms with Crippen molar-refractivity contribution in [2.45, 2.75) is 18.1 Å². The maximum absolute atomic E-state index is 12.4. The Morgan fingerprint density at radius 1 is 1.11 bits per heavy atom. The van der Waals surface area contributed by atoms with Gasteiger partial charge in [-0.1, -0.05) is 48.2 Å². The molecule has 146 valence electrons. The molecule has 0 bridgehead atoms. The van der Waals surface area contributed by atoms with E-state index in [2.05, 4.69) is 20.1 Å². The van der Waals surface area contributed by atoms with Crippen LogP contribution in [0.4, 0.5) is 13.2 Å². The number of alkyl halides is 3. The summed E-state index contributed by atoms with van der Waals surface area (Å²) < 4.78 is 42.8. The van der Waals surface area contributed by atoms with Crippen LogP contribution >= 0.6 is 11.8 Å². The quantitative estimate of drug-likeness (QED) is 0.606. The average molecular weight is 408 g/mol. The molecule has 1 heterocycles. The molecule has 0 saturated carbocycles. The van der Waals surface area contributed by atoms with Crippen molar-refractivity contribution < 1.29 is 22.7 Å². The number of para-hydroxylation sites is 2. The van der Waals surface area contributed by atoms with Crippen molar-refractivity contribution in [1.82, 2.24) is 20.1 Å². The molecule has 3 aromatic rings. The first-order valence-corrected chi connectivity index (χ1v) is 9.09. The number of hydrogen-bond acceptors (Lipinski definition) is 5. The Bertz CT molecular complexity index is 932. The van der Waals surface area contributed by atoms with E-state index in [9.17, 15) is 18.0 Å². The van der Waals surface area contributed by atoms with Gasteiger partial charge in [0, 0.05) is 12.1 Å². The molecule has 3 rings (SSSR count). The Morgan fingerprint density at radius 2 is 1.82 bits per heavy atom. The van der Waals surface area contributed by atoms with E-state index in [0.717, 1.165) is 17.4 Å². The fourth-order valence-corrected chi connectivity index (χ4v) is 2.90. The summed E-state index contributed by atoms with van der Waals surface area (Å²) in [5, 5.41) is 7.25. The highest BCUT2D eigenvalue weighted by Gasteiger charge is 2.31. The third kappa shape index (κ3) is 5.74. The van der Waals surface area contributed by atoms with Crippen molar-refractivity contribution in [2.24, 2.45) is 0 Å². The molecule has 2 aromatic carbocycles. The molecule has 0 aliphatic rings. The predicted molar refractivity (Wildman–Crippen MR) is 97.1 cm³/mol. The summed E-state index contributed by atoms with van der Waals surface area (Å²) in [7, 11) is 0. The van der Waals surface area contributed by atoms with Gasteiger partial charge < -0.3 is 10.1 Å². The molecule has 0 aliphatic carbocycles. The molecule has 0 aliphatic heterocycles. The highest BCUT2D eigenvalue weighted by atomic mass is 32.2. The zero-order chi connectivity index (χ0) is 20.0. The highest BCUT2D eigenvalue weighted by molar-refractivity contribution is 7.99. The summed E-state index contributed by atoms with van der Waals surface area (Å²) in [6.45, 7) is -0.0858. The monoisotopic (exact) mass is 408 g/mol. The van der Waals surface area contributed by atoms with Gasteiger partial charge in [0.05, 0.1) is 11.4 Å². The zero-order valence-electron chi connectivity index (χ0n) is 14.4. The number of hydrogen-bond donors (Lipinski definition) is 1. The normalized spacial score (nSPS) is 11.2. The van der Waals surface area contributed by atoms with E-state index in [-0.39, 0.29) is 29.5 Å². The number of thioether (sulfide) groups is 1. The van der Waals surface area contributed by atoms with E-state index in [1.54, 1.807) is 17.1 Å². The van der Waals surface area contributed by atoms with Gasteiger partial charge in [-0.05, 0) is 18.2 Å². The SMILES string of the molecule is O=C(CSc1ncn(-c2ccccc2)n1)NCc1ccccc1OC(F)(F)F. The van der Waals surface area contributed by atoms with E-state index < -0.39 is 6.36 Å². The van der Waals surface area contributed by atoms with Crippen LogP contribution in [0.25, 0.3) is 5.69 Å². The first-order valence-electron chi connectivity index (χ1n) is 8.11. The molecular formula is C18H15F3N4O2S. The lowest BCUT2D eigenvalue weighted by atomic mass is 10.2. The predicted octanol–water partition coefficient (Wildman–Crippen LogP) is 3.57. The molecule has 1 aromatic heterocycles. The second-order valence-electron chi connectivity index (χ2n) is 5.53. The number of amides is 1. The van der Waals surface area contributed by atoms with Crippen molar-refractivity contribution in [1.29, 1.82) is 0 Å². The van der Waals surface area contributed by atoms with Crippen LogP contribution in [0, 0.1) is 0 Å². The van der Waals surface area contributed by atoms with E-state index in [1.807, 2.05) is 30.3 Å². The van der Waals surface area contributed by atoms with Crippen molar-refractivity contribution in [3.8, 4) is 11.4 Å². The van der Waals surface area contributed by atoms with Gasteiger partial charge >= 0.3 is 6.36 Å². The van der Waals surface area contributed by atoms with Gasteiger partial charge in [-0.15, -0.1) is 18.3 Å². The van der Waals surface area contributed by atoms with Gasteiger partial charge in [0.15, 0.2) is 0 Å². The molecule has 10 heteroatoms. The Labute approximate surface area is 162 Å². The minimum atomic E-state index is -4.79. The lowest BCUT2D eigenvalue weighted by molar-refractivity contribution is -0.274. The van der Waals surface area contributed by atoms with Crippen molar-refractivity contribution in [3.63, 3.8) is 0 Å². The van der Waals surface area contributed by atoms with Crippen LogP contribution in [0.15, 0.2) is 66.1 Å². The van der Waals surface area contributed by atoms with Crippen LogP contribution in [-0.2, 0) is 11.3 Å².